The van der Waals surface area contributed by atoms with Crippen LogP contribution in [0.4, 0.5) is 0 Å². The molecule has 0 aliphatic carbocycles. The fourth-order valence-electron chi connectivity index (χ4n) is 5.48. The lowest BCUT2D eigenvalue weighted by atomic mass is 9.67. The van der Waals surface area contributed by atoms with E-state index in [4.69, 9.17) is 23.2 Å². The molecule has 0 saturated carbocycles. The third-order valence-electron chi connectivity index (χ3n) is 7.21. The Hall–Kier alpha value is -1.81. The van der Waals surface area contributed by atoms with Crippen molar-refractivity contribution in [1.29, 1.82) is 0 Å². The van der Waals surface area contributed by atoms with Gasteiger partial charge in [0.25, 0.3) is 0 Å². The van der Waals surface area contributed by atoms with Crippen molar-refractivity contribution in [2.24, 2.45) is 5.41 Å². The monoisotopic (exact) mass is 501 g/mol. The molecule has 2 aromatic rings. The molecule has 1 aliphatic rings. The minimum absolute atomic E-state index is 0.0676. The number of benzene rings is 2. The quantitative estimate of drug-likeness (QED) is 0.335. The van der Waals surface area contributed by atoms with E-state index < -0.39 is 5.41 Å². The van der Waals surface area contributed by atoms with Gasteiger partial charge < -0.3 is 10.0 Å². The molecule has 1 N–H and O–H groups in total. The van der Waals surface area contributed by atoms with E-state index in [0.29, 0.717) is 22.9 Å². The van der Waals surface area contributed by atoms with Crippen molar-refractivity contribution in [3.8, 4) is 0 Å². The molecule has 0 bridgehead atoms. The summed E-state index contributed by atoms with van der Waals surface area (Å²) in [5.41, 5.74) is 1.67. The molecule has 3 unspecified atom stereocenters. The summed E-state index contributed by atoms with van der Waals surface area (Å²) < 4.78 is 0. The van der Waals surface area contributed by atoms with Crippen LogP contribution in [0.3, 0.4) is 0 Å². The summed E-state index contributed by atoms with van der Waals surface area (Å²) >= 11 is 12.7. The molecule has 0 radical (unpaired) electrons. The first-order chi connectivity index (χ1) is 16.2. The zero-order valence-electron chi connectivity index (χ0n) is 20.5. The van der Waals surface area contributed by atoms with Crippen molar-refractivity contribution in [3.63, 3.8) is 0 Å². The van der Waals surface area contributed by atoms with E-state index in [1.807, 2.05) is 55.5 Å². The Morgan fingerprint density at radius 3 is 2.44 bits per heavy atom. The summed E-state index contributed by atoms with van der Waals surface area (Å²) in [7, 11) is 0. The van der Waals surface area contributed by atoms with Crippen LogP contribution in [0.25, 0.3) is 0 Å². The molecule has 3 nitrogen and oxygen atoms in total. The summed E-state index contributed by atoms with van der Waals surface area (Å²) in [4.78, 5) is 16.3. The van der Waals surface area contributed by atoms with Gasteiger partial charge in [0.2, 0.25) is 5.91 Å². The first kappa shape index (κ1) is 26.8. The van der Waals surface area contributed by atoms with Gasteiger partial charge in [-0.2, -0.15) is 0 Å². The smallest absolute Gasteiger partial charge is 0.229 e. The standard InChI is InChI=1S/C29H37Cl2NO2/c1-5-17-29(4)19-26(22-10-8-11-24(31)18-22)27(21-13-15-23(30)16-14-21)32(28(29)34)25(6-2)12-7-9-20(3)33/h5,8,10-11,13-16,18,20,25-27,33H,1,6-7,9,12,17,19H2,2-4H3/t20?,25-,26?,27?,29-/m0/s1. The van der Waals surface area contributed by atoms with Crippen LogP contribution >= 0.6 is 23.2 Å². The molecule has 184 valence electrons. The molecule has 1 fully saturated rings. The van der Waals surface area contributed by atoms with Gasteiger partial charge in [0.05, 0.1) is 17.6 Å². The lowest BCUT2D eigenvalue weighted by Crippen LogP contribution is -2.55. The topological polar surface area (TPSA) is 40.5 Å². The summed E-state index contributed by atoms with van der Waals surface area (Å²) in [5.74, 6) is 0.253. The molecular formula is C29H37Cl2NO2. The van der Waals surface area contributed by atoms with Crippen LogP contribution < -0.4 is 0 Å². The Balaban J connectivity index is 2.15. The molecule has 1 saturated heterocycles. The summed E-state index contributed by atoms with van der Waals surface area (Å²) in [5, 5.41) is 11.2. The summed E-state index contributed by atoms with van der Waals surface area (Å²) in [6.07, 6.45) is 6.16. The molecule has 1 heterocycles. The zero-order valence-corrected chi connectivity index (χ0v) is 22.0. The van der Waals surface area contributed by atoms with E-state index in [0.717, 1.165) is 36.8 Å². The molecular weight excluding hydrogens is 465 g/mol. The number of aliphatic hydroxyl groups excluding tert-OH is 1. The maximum atomic E-state index is 14.2. The van der Waals surface area contributed by atoms with Gasteiger partial charge in [0.1, 0.15) is 0 Å². The maximum absolute atomic E-state index is 14.2. The number of allylic oxidation sites excluding steroid dienone is 1. The number of likely N-dealkylation sites (tertiary alicyclic amines) is 1. The minimum Gasteiger partial charge on any atom is -0.393 e. The van der Waals surface area contributed by atoms with Crippen LogP contribution in [-0.2, 0) is 4.79 Å². The Labute approximate surface area is 214 Å². The molecule has 2 aromatic carbocycles. The highest BCUT2D eigenvalue weighted by Crippen LogP contribution is 2.52. The Morgan fingerprint density at radius 2 is 1.85 bits per heavy atom. The minimum atomic E-state index is -0.546. The van der Waals surface area contributed by atoms with Gasteiger partial charge in [-0.25, -0.2) is 0 Å². The van der Waals surface area contributed by atoms with Crippen molar-refractivity contribution in [2.45, 2.75) is 83.4 Å². The second-order valence-corrected chi connectivity index (χ2v) is 10.8. The molecule has 0 aromatic heterocycles. The molecule has 0 spiro atoms. The Morgan fingerprint density at radius 1 is 1.15 bits per heavy atom. The van der Waals surface area contributed by atoms with Crippen LogP contribution in [0, 0.1) is 5.41 Å². The lowest BCUT2D eigenvalue weighted by Gasteiger charge is -2.52. The molecule has 5 heteroatoms. The number of carbonyl (C=O) groups excluding carboxylic acids is 1. The maximum Gasteiger partial charge on any atom is 0.229 e. The van der Waals surface area contributed by atoms with Gasteiger partial charge in [-0.15, -0.1) is 6.58 Å². The largest absolute Gasteiger partial charge is 0.393 e. The van der Waals surface area contributed by atoms with Crippen LogP contribution in [0.2, 0.25) is 10.0 Å². The van der Waals surface area contributed by atoms with Crippen LogP contribution in [-0.4, -0.2) is 28.1 Å². The number of amides is 1. The predicted octanol–water partition coefficient (Wildman–Crippen LogP) is 7.96. The number of hydrogen-bond acceptors (Lipinski definition) is 2. The summed E-state index contributed by atoms with van der Waals surface area (Å²) in [6.45, 7) is 9.99. The van der Waals surface area contributed by atoms with Gasteiger partial charge in [-0.05, 0) is 80.8 Å². The average molecular weight is 503 g/mol. The number of aliphatic hydroxyl groups is 1. The van der Waals surface area contributed by atoms with Gasteiger partial charge in [0.15, 0.2) is 0 Å². The first-order valence-corrected chi connectivity index (χ1v) is 13.1. The summed E-state index contributed by atoms with van der Waals surface area (Å²) in [6, 6.07) is 15.9. The van der Waals surface area contributed by atoms with E-state index in [1.54, 1.807) is 0 Å². The molecule has 3 rings (SSSR count). The van der Waals surface area contributed by atoms with Crippen molar-refractivity contribution in [1.82, 2.24) is 4.90 Å². The van der Waals surface area contributed by atoms with Gasteiger partial charge in [-0.1, -0.05) is 67.4 Å². The van der Waals surface area contributed by atoms with E-state index >= 15 is 0 Å². The third kappa shape index (κ3) is 6.05. The Kier molecular flexibility index (Phi) is 9.26. The van der Waals surface area contributed by atoms with Crippen molar-refractivity contribution >= 4 is 29.1 Å². The van der Waals surface area contributed by atoms with E-state index in [9.17, 15) is 9.90 Å². The Bertz CT molecular complexity index is 974. The normalized spacial score (nSPS) is 24.6. The van der Waals surface area contributed by atoms with Crippen molar-refractivity contribution in [3.05, 3.63) is 82.4 Å². The van der Waals surface area contributed by atoms with Crippen LogP contribution in [0.15, 0.2) is 61.2 Å². The number of piperidine rings is 1. The second-order valence-electron chi connectivity index (χ2n) is 9.97. The fourth-order valence-corrected chi connectivity index (χ4v) is 5.80. The van der Waals surface area contributed by atoms with Gasteiger partial charge >= 0.3 is 0 Å². The number of rotatable bonds is 10. The molecule has 1 aliphatic heterocycles. The molecule has 34 heavy (non-hydrogen) atoms. The number of halogens is 2. The fraction of sp³-hybridized carbons (Fsp3) is 0.483. The van der Waals surface area contributed by atoms with Crippen molar-refractivity contribution in [2.75, 3.05) is 0 Å². The van der Waals surface area contributed by atoms with E-state index in [1.165, 1.54) is 0 Å². The predicted molar refractivity (Wildman–Crippen MR) is 142 cm³/mol. The SMILES string of the molecule is C=CC[C@@]1(C)CC(c2cccc(Cl)c2)C(c2ccc(Cl)cc2)N([C@@H](CC)CCCC(C)O)C1=O. The number of nitrogens with zero attached hydrogens (tertiary/aromatic N) is 1. The van der Waals surface area contributed by atoms with E-state index in [2.05, 4.69) is 31.4 Å². The van der Waals surface area contributed by atoms with Gasteiger partial charge in [-0.3, -0.25) is 4.79 Å². The molecule has 1 amide bonds. The number of carbonyl (C=O) groups is 1. The number of hydrogen-bond donors (Lipinski definition) is 1. The van der Waals surface area contributed by atoms with Crippen LogP contribution in [0.1, 0.15) is 82.4 Å². The zero-order chi connectivity index (χ0) is 24.9. The van der Waals surface area contributed by atoms with Crippen LogP contribution in [0.5, 0.6) is 0 Å². The highest BCUT2D eigenvalue weighted by molar-refractivity contribution is 6.30. The lowest BCUT2D eigenvalue weighted by molar-refractivity contribution is -0.154. The van der Waals surface area contributed by atoms with Gasteiger partial charge in [0, 0.05) is 22.0 Å². The van der Waals surface area contributed by atoms with Crippen molar-refractivity contribution < 1.29 is 9.90 Å². The second kappa shape index (κ2) is 11.7. The van der Waals surface area contributed by atoms with E-state index in [-0.39, 0.29) is 30.0 Å². The molecule has 5 atom stereocenters. The highest BCUT2D eigenvalue weighted by atomic mass is 35.5. The third-order valence-corrected chi connectivity index (χ3v) is 7.70. The highest BCUT2D eigenvalue weighted by Gasteiger charge is 2.50. The average Bonchev–Trinajstić information content (AvgIpc) is 2.79. The first-order valence-electron chi connectivity index (χ1n) is 12.3.